The standard InChI is InChI=1S/C18H21NO2/c1-18(2)11-16-15(17(21)12-18)7-9-19(16)14-5-3-13(4-6-14)8-10-20/h3-7,9,20H,8,10-12H2,1-2H3. The van der Waals surface area contributed by atoms with Gasteiger partial charge in [-0.05, 0) is 42.0 Å². The van der Waals surface area contributed by atoms with Crippen molar-refractivity contribution in [1.82, 2.24) is 4.57 Å². The molecule has 3 rings (SSSR count). The van der Waals surface area contributed by atoms with Crippen molar-refractivity contribution in [2.75, 3.05) is 6.61 Å². The van der Waals surface area contributed by atoms with Crippen LogP contribution >= 0.6 is 0 Å². The van der Waals surface area contributed by atoms with Gasteiger partial charge in [0.05, 0.1) is 0 Å². The van der Waals surface area contributed by atoms with Crippen molar-refractivity contribution in [3.8, 4) is 5.69 Å². The van der Waals surface area contributed by atoms with Gasteiger partial charge in [0.1, 0.15) is 0 Å². The second-order valence-corrected chi connectivity index (χ2v) is 6.63. The molecule has 1 aromatic heterocycles. The Morgan fingerprint density at radius 2 is 1.86 bits per heavy atom. The van der Waals surface area contributed by atoms with Crippen molar-refractivity contribution in [3.63, 3.8) is 0 Å². The molecule has 1 aliphatic rings. The zero-order valence-electron chi connectivity index (χ0n) is 12.6. The summed E-state index contributed by atoms with van der Waals surface area (Å²) >= 11 is 0. The van der Waals surface area contributed by atoms with E-state index in [4.69, 9.17) is 5.11 Å². The van der Waals surface area contributed by atoms with Crippen LogP contribution in [0, 0.1) is 5.41 Å². The average molecular weight is 283 g/mol. The first kappa shape index (κ1) is 14.1. The Balaban J connectivity index is 1.99. The molecule has 0 saturated heterocycles. The van der Waals surface area contributed by atoms with Crippen LogP contribution in [-0.2, 0) is 12.8 Å². The number of ketones is 1. The first-order valence-corrected chi connectivity index (χ1v) is 7.44. The molecule has 0 unspecified atom stereocenters. The summed E-state index contributed by atoms with van der Waals surface area (Å²) in [6, 6.07) is 10.1. The van der Waals surface area contributed by atoms with Crippen molar-refractivity contribution < 1.29 is 9.90 Å². The van der Waals surface area contributed by atoms with Crippen LogP contribution in [0.2, 0.25) is 0 Å². The van der Waals surface area contributed by atoms with Gasteiger partial charge in [-0.3, -0.25) is 4.79 Å². The number of aliphatic hydroxyl groups is 1. The van der Waals surface area contributed by atoms with E-state index in [1.165, 1.54) is 0 Å². The Morgan fingerprint density at radius 3 is 2.52 bits per heavy atom. The Hall–Kier alpha value is -1.87. The van der Waals surface area contributed by atoms with Gasteiger partial charge >= 0.3 is 0 Å². The van der Waals surface area contributed by atoms with Crippen molar-refractivity contribution in [3.05, 3.63) is 53.3 Å². The normalized spacial score (nSPS) is 16.8. The molecular formula is C18H21NO2. The fourth-order valence-corrected chi connectivity index (χ4v) is 3.14. The first-order valence-electron chi connectivity index (χ1n) is 7.44. The lowest BCUT2D eigenvalue weighted by Gasteiger charge is -2.29. The maximum Gasteiger partial charge on any atom is 0.165 e. The van der Waals surface area contributed by atoms with Gasteiger partial charge in [-0.15, -0.1) is 0 Å². The molecule has 0 radical (unpaired) electrons. The number of benzene rings is 1. The number of rotatable bonds is 3. The molecule has 3 heteroatoms. The van der Waals surface area contributed by atoms with E-state index in [0.717, 1.165) is 28.9 Å². The number of aromatic nitrogens is 1. The van der Waals surface area contributed by atoms with E-state index < -0.39 is 0 Å². The molecule has 0 spiro atoms. The molecule has 1 N–H and O–H groups in total. The molecule has 0 saturated carbocycles. The highest BCUT2D eigenvalue weighted by Gasteiger charge is 2.33. The topological polar surface area (TPSA) is 42.2 Å². The third-order valence-corrected chi connectivity index (χ3v) is 4.19. The third-order valence-electron chi connectivity index (χ3n) is 4.19. The number of hydrogen-bond donors (Lipinski definition) is 1. The smallest absolute Gasteiger partial charge is 0.165 e. The molecule has 0 amide bonds. The number of carbonyl (C=O) groups is 1. The van der Waals surface area contributed by atoms with Crippen LogP contribution in [0.1, 0.15) is 41.9 Å². The summed E-state index contributed by atoms with van der Waals surface area (Å²) < 4.78 is 2.12. The van der Waals surface area contributed by atoms with Crippen molar-refractivity contribution in [1.29, 1.82) is 0 Å². The number of aliphatic hydroxyl groups excluding tert-OH is 1. The Kier molecular flexibility index (Phi) is 3.46. The number of fused-ring (bicyclic) bond motifs is 1. The minimum absolute atomic E-state index is 0.0248. The summed E-state index contributed by atoms with van der Waals surface area (Å²) in [5.41, 5.74) is 4.21. The van der Waals surface area contributed by atoms with Crippen molar-refractivity contribution >= 4 is 5.78 Å². The van der Waals surface area contributed by atoms with Crippen molar-refractivity contribution in [2.24, 2.45) is 5.41 Å². The summed E-state index contributed by atoms with van der Waals surface area (Å²) in [4.78, 5) is 12.2. The van der Waals surface area contributed by atoms with Gasteiger partial charge < -0.3 is 9.67 Å². The van der Waals surface area contributed by atoms with Gasteiger partial charge in [-0.2, -0.15) is 0 Å². The van der Waals surface area contributed by atoms with E-state index in [1.807, 2.05) is 24.4 Å². The largest absolute Gasteiger partial charge is 0.396 e. The highest BCUT2D eigenvalue weighted by molar-refractivity contribution is 5.99. The lowest BCUT2D eigenvalue weighted by Crippen LogP contribution is -2.27. The van der Waals surface area contributed by atoms with Crippen LogP contribution in [0.5, 0.6) is 0 Å². The maximum atomic E-state index is 12.2. The molecule has 0 bridgehead atoms. The zero-order chi connectivity index (χ0) is 15.0. The SMILES string of the molecule is CC1(C)CC(=O)c2ccn(-c3ccc(CCO)cc3)c2C1. The number of Topliss-reactive ketones (excluding diaryl/α,β-unsaturated/α-hetero) is 1. The second-order valence-electron chi connectivity index (χ2n) is 6.63. The quantitative estimate of drug-likeness (QED) is 0.940. The molecule has 3 nitrogen and oxygen atoms in total. The van der Waals surface area contributed by atoms with Gasteiger partial charge in [0.2, 0.25) is 0 Å². The van der Waals surface area contributed by atoms with E-state index in [9.17, 15) is 4.79 Å². The predicted octanol–water partition coefficient (Wildman–Crippen LogP) is 3.17. The molecule has 1 aromatic carbocycles. The molecule has 0 aliphatic heterocycles. The van der Waals surface area contributed by atoms with Gasteiger partial charge in [-0.1, -0.05) is 26.0 Å². The molecule has 0 atom stereocenters. The summed E-state index contributed by atoms with van der Waals surface area (Å²) in [6.07, 6.45) is 4.21. The van der Waals surface area contributed by atoms with Crippen LogP contribution in [0.3, 0.4) is 0 Å². The summed E-state index contributed by atoms with van der Waals surface area (Å²) in [5, 5.41) is 8.98. The fourth-order valence-electron chi connectivity index (χ4n) is 3.14. The Morgan fingerprint density at radius 1 is 1.14 bits per heavy atom. The molecule has 1 aliphatic carbocycles. The lowest BCUT2D eigenvalue weighted by molar-refractivity contribution is 0.0911. The maximum absolute atomic E-state index is 12.2. The summed E-state index contributed by atoms with van der Waals surface area (Å²) in [7, 11) is 0. The van der Waals surface area contributed by atoms with E-state index in [0.29, 0.717) is 12.8 Å². The minimum atomic E-state index is 0.0248. The monoisotopic (exact) mass is 283 g/mol. The second kappa shape index (κ2) is 5.15. The number of hydrogen-bond acceptors (Lipinski definition) is 2. The zero-order valence-corrected chi connectivity index (χ0v) is 12.6. The molecular weight excluding hydrogens is 262 g/mol. The molecule has 21 heavy (non-hydrogen) atoms. The lowest BCUT2D eigenvalue weighted by atomic mass is 9.76. The van der Waals surface area contributed by atoms with Gasteiger partial charge in [0.25, 0.3) is 0 Å². The molecule has 2 aromatic rings. The van der Waals surface area contributed by atoms with Gasteiger partial charge in [-0.25, -0.2) is 0 Å². The minimum Gasteiger partial charge on any atom is -0.396 e. The third kappa shape index (κ3) is 2.66. The Labute approximate surface area is 125 Å². The summed E-state index contributed by atoms with van der Waals surface area (Å²) in [6.45, 7) is 4.46. The Bertz CT molecular complexity index is 665. The van der Waals surface area contributed by atoms with E-state index >= 15 is 0 Å². The number of nitrogens with zero attached hydrogens (tertiary/aromatic N) is 1. The van der Waals surface area contributed by atoms with Gasteiger partial charge in [0.15, 0.2) is 5.78 Å². The molecule has 0 fully saturated rings. The van der Waals surface area contributed by atoms with Crippen LogP contribution in [0.15, 0.2) is 36.5 Å². The van der Waals surface area contributed by atoms with Crippen molar-refractivity contribution in [2.45, 2.75) is 33.1 Å². The summed E-state index contributed by atoms with van der Waals surface area (Å²) in [5.74, 6) is 0.247. The first-order chi connectivity index (χ1) is 10.00. The van der Waals surface area contributed by atoms with E-state index in [-0.39, 0.29) is 17.8 Å². The van der Waals surface area contributed by atoms with Crippen LogP contribution in [0.25, 0.3) is 5.69 Å². The van der Waals surface area contributed by atoms with E-state index in [1.54, 1.807) is 0 Å². The van der Waals surface area contributed by atoms with Gasteiger partial charge in [0, 0.05) is 36.2 Å². The molecule has 1 heterocycles. The highest BCUT2D eigenvalue weighted by Crippen LogP contribution is 2.36. The predicted molar refractivity (Wildman–Crippen MR) is 83.0 cm³/mol. The molecule has 110 valence electrons. The average Bonchev–Trinajstić information content (AvgIpc) is 2.82. The highest BCUT2D eigenvalue weighted by atomic mass is 16.2. The van der Waals surface area contributed by atoms with Crippen LogP contribution in [-0.4, -0.2) is 22.1 Å². The number of carbonyl (C=O) groups excluding carboxylic acids is 1. The van der Waals surface area contributed by atoms with Crippen LogP contribution in [0.4, 0.5) is 0 Å². The van der Waals surface area contributed by atoms with Crippen LogP contribution < -0.4 is 0 Å². The fraction of sp³-hybridized carbons (Fsp3) is 0.389. The van der Waals surface area contributed by atoms with E-state index in [2.05, 4.69) is 30.5 Å².